The lowest BCUT2D eigenvalue weighted by Gasteiger charge is -2.23. The smallest absolute Gasteiger partial charge is 0.303 e. The van der Waals surface area contributed by atoms with Crippen LogP contribution >= 0.6 is 11.8 Å². The third-order valence-corrected chi connectivity index (χ3v) is 5.34. The number of fused-ring (bicyclic) bond motifs is 1. The van der Waals surface area contributed by atoms with Crippen LogP contribution in [-0.2, 0) is 14.3 Å². The number of ether oxygens (including phenoxy) is 3. The fourth-order valence-corrected chi connectivity index (χ4v) is 4.00. The fraction of sp³-hybridized carbons (Fsp3) is 0.263. The van der Waals surface area contributed by atoms with Gasteiger partial charge in [-0.25, -0.2) is 0 Å². The van der Waals surface area contributed by atoms with Gasteiger partial charge in [-0.3, -0.25) is 9.59 Å². The van der Waals surface area contributed by atoms with Gasteiger partial charge in [-0.1, -0.05) is 12.1 Å². The first-order chi connectivity index (χ1) is 12.5. The molecule has 3 rings (SSSR count). The van der Waals surface area contributed by atoms with Crippen LogP contribution in [0.15, 0.2) is 47.4 Å². The standard InChI is InChI=1S/C19H19NO5S/c1-11(21)25-17-18(12-4-6-13(23-2)7-5-12)26-16-10-14(24-3)8-9-15(16)20-19(17)22/h4-10,17-18H,1-3H3,(H,20,22)/t17-,18+/m0/s1. The highest BCUT2D eigenvalue weighted by Crippen LogP contribution is 2.46. The molecular formula is C19H19NO5S. The number of amides is 1. The van der Waals surface area contributed by atoms with E-state index in [9.17, 15) is 9.59 Å². The summed E-state index contributed by atoms with van der Waals surface area (Å²) in [5.74, 6) is 0.526. The number of thioether (sulfide) groups is 1. The van der Waals surface area contributed by atoms with Crippen LogP contribution in [0.3, 0.4) is 0 Å². The van der Waals surface area contributed by atoms with E-state index in [-0.39, 0.29) is 5.91 Å². The van der Waals surface area contributed by atoms with E-state index in [0.29, 0.717) is 17.2 Å². The van der Waals surface area contributed by atoms with Gasteiger partial charge in [-0.05, 0) is 35.9 Å². The minimum absolute atomic E-state index is 0.363. The zero-order valence-corrected chi connectivity index (χ0v) is 15.5. The van der Waals surface area contributed by atoms with Crippen LogP contribution in [0, 0.1) is 0 Å². The molecule has 136 valence electrons. The quantitative estimate of drug-likeness (QED) is 0.828. The molecule has 0 bridgehead atoms. The molecular weight excluding hydrogens is 354 g/mol. The predicted molar refractivity (Wildman–Crippen MR) is 98.8 cm³/mol. The Morgan fingerprint density at radius 3 is 2.31 bits per heavy atom. The highest BCUT2D eigenvalue weighted by atomic mass is 32.2. The van der Waals surface area contributed by atoms with Crippen LogP contribution in [0.4, 0.5) is 5.69 Å². The molecule has 0 fully saturated rings. The Morgan fingerprint density at radius 1 is 1.04 bits per heavy atom. The van der Waals surface area contributed by atoms with Gasteiger partial charge in [0, 0.05) is 11.8 Å². The molecule has 0 aliphatic carbocycles. The van der Waals surface area contributed by atoms with E-state index < -0.39 is 17.3 Å². The molecule has 2 aromatic rings. The Balaban J connectivity index is 2.04. The third kappa shape index (κ3) is 3.77. The zero-order valence-electron chi connectivity index (χ0n) is 14.6. The molecule has 6 nitrogen and oxygen atoms in total. The average Bonchev–Trinajstić information content (AvgIpc) is 2.77. The number of nitrogens with one attached hydrogen (secondary N) is 1. The molecule has 26 heavy (non-hydrogen) atoms. The van der Waals surface area contributed by atoms with Crippen molar-refractivity contribution in [3.05, 3.63) is 48.0 Å². The van der Waals surface area contributed by atoms with Crippen molar-refractivity contribution in [3.63, 3.8) is 0 Å². The highest BCUT2D eigenvalue weighted by molar-refractivity contribution is 7.99. The van der Waals surface area contributed by atoms with E-state index in [2.05, 4.69) is 5.32 Å². The first-order valence-electron chi connectivity index (χ1n) is 7.98. The maximum Gasteiger partial charge on any atom is 0.303 e. The Morgan fingerprint density at radius 2 is 1.69 bits per heavy atom. The summed E-state index contributed by atoms with van der Waals surface area (Å²) in [6, 6.07) is 12.8. The Hall–Kier alpha value is -2.67. The van der Waals surface area contributed by atoms with Gasteiger partial charge in [0.25, 0.3) is 5.91 Å². The van der Waals surface area contributed by atoms with Crippen LogP contribution < -0.4 is 14.8 Å². The summed E-state index contributed by atoms with van der Waals surface area (Å²) in [7, 11) is 3.18. The molecule has 2 atom stereocenters. The van der Waals surface area contributed by atoms with Crippen molar-refractivity contribution in [2.24, 2.45) is 0 Å². The van der Waals surface area contributed by atoms with Crippen LogP contribution in [0.2, 0.25) is 0 Å². The number of carbonyl (C=O) groups is 2. The first kappa shape index (κ1) is 18.1. The van der Waals surface area contributed by atoms with E-state index in [1.807, 2.05) is 30.3 Å². The number of esters is 1. The number of benzene rings is 2. The highest BCUT2D eigenvalue weighted by Gasteiger charge is 2.37. The van der Waals surface area contributed by atoms with Crippen LogP contribution in [0.1, 0.15) is 17.7 Å². The van der Waals surface area contributed by atoms with Gasteiger partial charge >= 0.3 is 5.97 Å². The van der Waals surface area contributed by atoms with Crippen molar-refractivity contribution < 1.29 is 23.8 Å². The molecule has 1 aliphatic rings. The summed E-state index contributed by atoms with van der Waals surface area (Å²) in [5.41, 5.74) is 1.52. The molecule has 1 aliphatic heterocycles. The molecule has 0 unspecified atom stereocenters. The summed E-state index contributed by atoms with van der Waals surface area (Å²) in [5, 5.41) is 2.43. The average molecular weight is 373 g/mol. The van der Waals surface area contributed by atoms with Gasteiger partial charge in [-0.15, -0.1) is 11.8 Å². The summed E-state index contributed by atoms with van der Waals surface area (Å²) in [6.45, 7) is 1.30. The number of rotatable bonds is 4. The predicted octanol–water partition coefficient (Wildman–Crippen LogP) is 3.42. The van der Waals surface area contributed by atoms with E-state index in [1.54, 1.807) is 26.4 Å². The lowest BCUT2D eigenvalue weighted by atomic mass is 10.1. The molecule has 1 N–H and O–H groups in total. The van der Waals surface area contributed by atoms with Crippen LogP contribution in [0.25, 0.3) is 0 Å². The second-order valence-electron chi connectivity index (χ2n) is 5.69. The second kappa shape index (κ2) is 7.70. The molecule has 0 aromatic heterocycles. The summed E-state index contributed by atoms with van der Waals surface area (Å²) >= 11 is 1.45. The van der Waals surface area contributed by atoms with Crippen molar-refractivity contribution in [1.29, 1.82) is 0 Å². The van der Waals surface area contributed by atoms with Gasteiger partial charge in [0.2, 0.25) is 0 Å². The number of carbonyl (C=O) groups excluding carboxylic acids is 2. The van der Waals surface area contributed by atoms with Crippen molar-refractivity contribution in [3.8, 4) is 11.5 Å². The lowest BCUT2D eigenvalue weighted by molar-refractivity contribution is -0.152. The molecule has 0 saturated carbocycles. The lowest BCUT2D eigenvalue weighted by Crippen LogP contribution is -2.34. The van der Waals surface area contributed by atoms with Crippen molar-refractivity contribution in [1.82, 2.24) is 0 Å². The topological polar surface area (TPSA) is 73.9 Å². The molecule has 1 amide bonds. The number of methoxy groups -OCH3 is 2. The minimum atomic E-state index is -0.954. The molecule has 2 aromatic carbocycles. The Labute approximate surface area is 155 Å². The van der Waals surface area contributed by atoms with Crippen molar-refractivity contribution in [2.75, 3.05) is 19.5 Å². The summed E-state index contributed by atoms with van der Waals surface area (Å²) in [4.78, 5) is 25.1. The van der Waals surface area contributed by atoms with Gasteiger partial charge in [0.1, 0.15) is 11.5 Å². The second-order valence-corrected chi connectivity index (χ2v) is 6.88. The monoisotopic (exact) mass is 373 g/mol. The molecule has 1 heterocycles. The van der Waals surface area contributed by atoms with Gasteiger partial charge in [-0.2, -0.15) is 0 Å². The minimum Gasteiger partial charge on any atom is -0.497 e. The number of hydrogen-bond donors (Lipinski definition) is 1. The van der Waals surface area contributed by atoms with Crippen molar-refractivity contribution >= 4 is 29.3 Å². The Bertz CT molecular complexity index is 821. The number of anilines is 1. The SMILES string of the molecule is COc1ccc([C@H]2Sc3cc(OC)ccc3NC(=O)[C@H]2OC(C)=O)cc1. The van der Waals surface area contributed by atoms with Gasteiger partial charge in [0.15, 0.2) is 6.10 Å². The normalized spacial score (nSPS) is 19.0. The summed E-state index contributed by atoms with van der Waals surface area (Å²) in [6.07, 6.45) is -0.954. The molecule has 0 saturated heterocycles. The molecule has 0 spiro atoms. The number of hydrogen-bond acceptors (Lipinski definition) is 6. The maximum atomic E-state index is 12.7. The van der Waals surface area contributed by atoms with E-state index in [4.69, 9.17) is 14.2 Å². The Kier molecular flexibility index (Phi) is 5.37. The van der Waals surface area contributed by atoms with Crippen molar-refractivity contribution in [2.45, 2.75) is 23.2 Å². The maximum absolute atomic E-state index is 12.7. The van der Waals surface area contributed by atoms with E-state index >= 15 is 0 Å². The zero-order chi connectivity index (χ0) is 18.7. The van der Waals surface area contributed by atoms with Crippen LogP contribution in [0.5, 0.6) is 11.5 Å². The largest absolute Gasteiger partial charge is 0.497 e. The third-order valence-electron chi connectivity index (χ3n) is 3.97. The van der Waals surface area contributed by atoms with Crippen LogP contribution in [-0.4, -0.2) is 32.2 Å². The van der Waals surface area contributed by atoms with Gasteiger partial charge < -0.3 is 19.5 Å². The fourth-order valence-electron chi connectivity index (χ4n) is 2.70. The van der Waals surface area contributed by atoms with E-state index in [1.165, 1.54) is 18.7 Å². The van der Waals surface area contributed by atoms with Gasteiger partial charge in [0.05, 0.1) is 25.2 Å². The molecule has 7 heteroatoms. The van der Waals surface area contributed by atoms with E-state index in [0.717, 1.165) is 10.5 Å². The first-order valence-corrected chi connectivity index (χ1v) is 8.86. The molecule has 0 radical (unpaired) electrons. The summed E-state index contributed by atoms with van der Waals surface area (Å²) < 4.78 is 15.8.